The fourth-order valence-electron chi connectivity index (χ4n) is 3.37. The van der Waals surface area contributed by atoms with Gasteiger partial charge in [0.2, 0.25) is 5.82 Å². The molecule has 1 aromatic carbocycles. The molecule has 1 aromatic heterocycles. The number of nitrogens with zero attached hydrogens (tertiary/aromatic N) is 5. The van der Waals surface area contributed by atoms with Crippen molar-refractivity contribution in [3.8, 4) is 11.4 Å². The molecule has 0 bridgehead atoms. The smallest absolute Gasteiger partial charge is 0.380 e. The Morgan fingerprint density at radius 3 is 2.65 bits per heavy atom. The molecule has 0 saturated carbocycles. The van der Waals surface area contributed by atoms with E-state index in [1.54, 1.807) is 6.92 Å². The summed E-state index contributed by atoms with van der Waals surface area (Å²) in [4.78, 5) is 1.34. The normalized spacial score (nSPS) is 25.4. The fraction of sp³-hybridized carbons (Fsp3) is 0.600. The summed E-state index contributed by atoms with van der Waals surface area (Å²) in [7, 11) is -4.56. The Morgan fingerprint density at radius 1 is 1.29 bits per heavy atom. The lowest BCUT2D eigenvalue weighted by Crippen LogP contribution is -2.70. The third kappa shape index (κ3) is 6.55. The molecular weight excluding hydrogens is 468 g/mol. The summed E-state index contributed by atoms with van der Waals surface area (Å²) in [6.45, 7) is 3.24. The first-order valence-corrected chi connectivity index (χ1v) is 12.3. The van der Waals surface area contributed by atoms with E-state index in [-0.39, 0.29) is 18.9 Å². The Kier molecular flexibility index (Phi) is 8.67. The third-order valence-electron chi connectivity index (χ3n) is 5.79. The highest BCUT2D eigenvalue weighted by Gasteiger charge is 2.43. The lowest BCUT2D eigenvalue weighted by Gasteiger charge is -2.20. The zero-order valence-corrected chi connectivity index (χ0v) is 19.8. The first-order valence-electron chi connectivity index (χ1n) is 11.0. The van der Waals surface area contributed by atoms with Gasteiger partial charge in [0.1, 0.15) is 24.4 Å². The molecule has 1 saturated heterocycles. The van der Waals surface area contributed by atoms with Crippen LogP contribution in [0.25, 0.3) is 11.4 Å². The second-order valence-electron chi connectivity index (χ2n) is 8.19. The van der Waals surface area contributed by atoms with Crippen molar-refractivity contribution in [3.63, 3.8) is 0 Å². The van der Waals surface area contributed by atoms with Crippen LogP contribution < -0.4 is 10.8 Å². The van der Waals surface area contributed by atoms with E-state index in [0.717, 1.165) is 5.56 Å². The van der Waals surface area contributed by atoms with Crippen LogP contribution in [0.1, 0.15) is 26.7 Å². The van der Waals surface area contributed by atoms with E-state index in [1.807, 2.05) is 37.3 Å². The highest BCUT2D eigenvalue weighted by Crippen LogP contribution is 2.25. The third-order valence-corrected chi connectivity index (χ3v) is 6.63. The van der Waals surface area contributed by atoms with Crippen molar-refractivity contribution in [1.29, 1.82) is 0 Å². The van der Waals surface area contributed by atoms with Crippen molar-refractivity contribution >= 4 is 16.2 Å². The summed E-state index contributed by atoms with van der Waals surface area (Å²) >= 11 is 0. The molecule has 1 fully saturated rings. The van der Waals surface area contributed by atoms with E-state index >= 15 is 0 Å². The van der Waals surface area contributed by atoms with Gasteiger partial charge in [-0.05, 0) is 18.1 Å². The zero-order valence-electron chi connectivity index (χ0n) is 19.0. The molecule has 2 heterocycles. The van der Waals surface area contributed by atoms with Gasteiger partial charge in [-0.2, -0.15) is 17.6 Å². The number of hydrogen-bond donors (Lipinski definition) is 3. The maximum Gasteiger partial charge on any atom is 0.380 e. The van der Waals surface area contributed by atoms with Crippen LogP contribution in [0.2, 0.25) is 0 Å². The van der Waals surface area contributed by atoms with Crippen LogP contribution in [-0.4, -0.2) is 81.8 Å². The molecule has 0 radical (unpaired) electrons. The first kappa shape index (κ1) is 26.1. The molecule has 2 aromatic rings. The SMILES string of the molecule is CCC(C)C([NH3+])/C([O-])=N/S(=O)(=O)OC[C@H]1O[C@@H](CCn2nnc(-c3ccccc3)n2)[C@H](O)[C@@H]1O. The molecule has 5 N–H and O–H groups in total. The molecule has 0 amide bonds. The van der Waals surface area contributed by atoms with Crippen molar-refractivity contribution in [1.82, 2.24) is 20.2 Å². The topological polar surface area (TPSA) is 200 Å². The van der Waals surface area contributed by atoms with Gasteiger partial charge in [0.15, 0.2) is 0 Å². The Hall–Kier alpha value is -2.49. The van der Waals surface area contributed by atoms with Crippen LogP contribution in [0.4, 0.5) is 0 Å². The molecule has 6 atom stereocenters. The fourth-order valence-corrected chi connectivity index (χ4v) is 4.09. The number of aromatic nitrogens is 4. The lowest BCUT2D eigenvalue weighted by molar-refractivity contribution is -0.427. The van der Waals surface area contributed by atoms with Gasteiger partial charge in [0, 0.05) is 17.4 Å². The van der Waals surface area contributed by atoms with Gasteiger partial charge in [0.05, 0.1) is 19.3 Å². The monoisotopic (exact) mass is 498 g/mol. The van der Waals surface area contributed by atoms with Gasteiger partial charge in [-0.25, -0.2) is 4.18 Å². The molecule has 1 aliphatic rings. The van der Waals surface area contributed by atoms with Crippen LogP contribution in [0.5, 0.6) is 0 Å². The Labute approximate surface area is 197 Å². The number of aliphatic hydroxyl groups is 2. The zero-order chi connectivity index (χ0) is 24.9. The largest absolute Gasteiger partial charge is 0.857 e. The molecular formula is C20H30N6O7S. The number of quaternary nitrogens is 1. The van der Waals surface area contributed by atoms with Crippen molar-refractivity contribution in [2.75, 3.05) is 6.61 Å². The van der Waals surface area contributed by atoms with E-state index in [9.17, 15) is 23.7 Å². The summed E-state index contributed by atoms with van der Waals surface area (Å²) in [5.74, 6) is -0.609. The maximum absolute atomic E-state index is 12.0. The van der Waals surface area contributed by atoms with Crippen LogP contribution in [0.3, 0.4) is 0 Å². The minimum Gasteiger partial charge on any atom is -0.857 e. The highest BCUT2D eigenvalue weighted by molar-refractivity contribution is 7.85. The molecule has 14 heteroatoms. The molecule has 2 unspecified atom stereocenters. The van der Waals surface area contributed by atoms with Crippen LogP contribution >= 0.6 is 0 Å². The molecule has 188 valence electrons. The second-order valence-corrected chi connectivity index (χ2v) is 9.47. The number of ether oxygens (including phenoxy) is 1. The molecule has 0 spiro atoms. The number of tetrazole rings is 1. The summed E-state index contributed by atoms with van der Waals surface area (Å²) in [5.41, 5.74) is 4.45. The predicted molar refractivity (Wildman–Crippen MR) is 117 cm³/mol. The molecule has 1 aliphatic heterocycles. The summed E-state index contributed by atoms with van der Waals surface area (Å²) in [6, 6.07) is 8.46. The Bertz CT molecular complexity index is 1060. The first-order chi connectivity index (χ1) is 16.1. The number of aliphatic hydroxyl groups excluding tert-OH is 2. The maximum atomic E-state index is 12.0. The Morgan fingerprint density at radius 2 is 1.97 bits per heavy atom. The number of aryl methyl sites for hydroxylation is 1. The van der Waals surface area contributed by atoms with E-state index in [0.29, 0.717) is 12.2 Å². The molecule has 0 aliphatic carbocycles. The average molecular weight is 499 g/mol. The van der Waals surface area contributed by atoms with E-state index < -0.39 is 53.3 Å². The summed E-state index contributed by atoms with van der Waals surface area (Å²) in [5, 5.41) is 44.8. The molecule has 3 rings (SSSR count). The highest BCUT2D eigenvalue weighted by atomic mass is 32.2. The lowest BCUT2D eigenvalue weighted by atomic mass is 10.0. The predicted octanol–water partition coefficient (Wildman–Crippen LogP) is -2.10. The van der Waals surface area contributed by atoms with Gasteiger partial charge in [-0.15, -0.1) is 10.2 Å². The van der Waals surface area contributed by atoms with Crippen LogP contribution in [-0.2, 0) is 25.8 Å². The average Bonchev–Trinajstić information content (AvgIpc) is 3.40. The van der Waals surface area contributed by atoms with Gasteiger partial charge in [-0.3, -0.25) is 0 Å². The van der Waals surface area contributed by atoms with Crippen molar-refractivity contribution in [2.45, 2.75) is 63.7 Å². The van der Waals surface area contributed by atoms with Crippen LogP contribution in [0, 0.1) is 5.92 Å². The summed E-state index contributed by atoms with van der Waals surface area (Å²) < 4.78 is 37.6. The molecule has 13 nitrogen and oxygen atoms in total. The Balaban J connectivity index is 1.53. The van der Waals surface area contributed by atoms with Crippen molar-refractivity contribution in [2.24, 2.45) is 10.3 Å². The minimum absolute atomic E-state index is 0.148. The van der Waals surface area contributed by atoms with Crippen molar-refractivity contribution in [3.05, 3.63) is 30.3 Å². The van der Waals surface area contributed by atoms with Gasteiger partial charge < -0.3 is 25.8 Å². The van der Waals surface area contributed by atoms with Gasteiger partial charge >= 0.3 is 10.3 Å². The number of rotatable bonds is 11. The minimum atomic E-state index is -4.56. The molecule has 34 heavy (non-hydrogen) atoms. The van der Waals surface area contributed by atoms with Crippen LogP contribution in [0.15, 0.2) is 34.7 Å². The van der Waals surface area contributed by atoms with E-state index in [2.05, 4.69) is 25.5 Å². The second kappa shape index (κ2) is 11.3. The van der Waals surface area contributed by atoms with E-state index in [4.69, 9.17) is 8.92 Å². The summed E-state index contributed by atoms with van der Waals surface area (Å²) in [6.07, 6.45) is -3.75. The van der Waals surface area contributed by atoms with Gasteiger partial charge in [0.25, 0.3) is 0 Å². The quantitative estimate of drug-likeness (QED) is 0.227. The van der Waals surface area contributed by atoms with Gasteiger partial charge in [-0.1, -0.05) is 44.2 Å². The van der Waals surface area contributed by atoms with E-state index in [1.165, 1.54) is 4.80 Å². The number of benzene rings is 1. The standard InChI is InChI=1S/C20H30N6O7S/c1-3-12(2)16(21)20(29)24-34(30,31)32-11-15-18(28)17(27)14(33-15)9-10-26-23-19(22-25-26)13-7-5-4-6-8-13/h4-8,12,14-18,27-28H,3,9-11,21H2,1-2H3,(H,24,29)/t12?,14-,15+,16?,17-,18+/m0/s1. The number of hydrogen-bond acceptors (Lipinski definition) is 10. The van der Waals surface area contributed by atoms with Crippen molar-refractivity contribution < 1.29 is 38.4 Å².